The Morgan fingerprint density at radius 2 is 1.95 bits per heavy atom. The number of rotatable bonds is 2. The minimum absolute atomic E-state index is 0.717. The van der Waals surface area contributed by atoms with Gasteiger partial charge in [0.05, 0.1) is 11.0 Å². The molecule has 2 heterocycles. The topological polar surface area (TPSA) is 29.9 Å². The lowest BCUT2D eigenvalue weighted by Gasteiger charge is -2.22. The summed E-state index contributed by atoms with van der Waals surface area (Å²) >= 11 is 0. The van der Waals surface area contributed by atoms with Gasteiger partial charge in [-0.05, 0) is 69.3 Å². The van der Waals surface area contributed by atoms with Crippen LogP contribution >= 0.6 is 0 Å². The zero-order chi connectivity index (χ0) is 12.8. The molecule has 2 aromatic rings. The number of aryl methyl sites for hydroxylation is 1. The molecule has 1 aromatic heterocycles. The second-order valence-corrected chi connectivity index (χ2v) is 6.03. The van der Waals surface area contributed by atoms with Crippen LogP contribution in [0.15, 0.2) is 18.2 Å². The van der Waals surface area contributed by atoms with E-state index in [4.69, 9.17) is 4.98 Å². The van der Waals surface area contributed by atoms with Crippen LogP contribution < -0.4 is 5.32 Å². The van der Waals surface area contributed by atoms with Gasteiger partial charge in [-0.2, -0.15) is 0 Å². The van der Waals surface area contributed by atoms with E-state index >= 15 is 0 Å². The third-order valence-electron chi connectivity index (χ3n) is 4.61. The van der Waals surface area contributed by atoms with Gasteiger partial charge < -0.3 is 9.88 Å². The van der Waals surface area contributed by atoms with Gasteiger partial charge in [0.2, 0.25) is 0 Å². The zero-order valence-electron chi connectivity index (χ0n) is 11.5. The lowest BCUT2D eigenvalue weighted by molar-refractivity contribution is 0.460. The molecule has 0 unspecified atom stereocenters. The zero-order valence-corrected chi connectivity index (χ0v) is 11.5. The van der Waals surface area contributed by atoms with E-state index in [0.29, 0.717) is 0 Å². The van der Waals surface area contributed by atoms with E-state index < -0.39 is 0 Å². The molecule has 0 bridgehead atoms. The molecule has 1 saturated carbocycles. The van der Waals surface area contributed by atoms with Crippen molar-refractivity contribution in [2.75, 3.05) is 13.1 Å². The maximum absolute atomic E-state index is 4.78. The van der Waals surface area contributed by atoms with Crippen LogP contribution in [0.2, 0.25) is 0 Å². The number of hydrogen-bond acceptors (Lipinski definition) is 2. The first-order valence-corrected chi connectivity index (χ1v) is 7.52. The summed E-state index contributed by atoms with van der Waals surface area (Å²) in [6.07, 6.45) is 5.16. The molecule has 0 atom stereocenters. The third-order valence-corrected chi connectivity index (χ3v) is 4.61. The van der Waals surface area contributed by atoms with E-state index in [1.807, 2.05) is 0 Å². The average molecular weight is 255 g/mol. The third kappa shape index (κ3) is 1.96. The van der Waals surface area contributed by atoms with Crippen molar-refractivity contribution >= 4 is 11.0 Å². The normalized spacial score (nSPS) is 21.1. The van der Waals surface area contributed by atoms with Gasteiger partial charge in [0.15, 0.2) is 0 Å². The van der Waals surface area contributed by atoms with Gasteiger partial charge in [0, 0.05) is 6.04 Å². The fourth-order valence-electron chi connectivity index (χ4n) is 3.44. The number of fused-ring (bicyclic) bond motifs is 1. The molecule has 3 nitrogen and oxygen atoms in total. The first kappa shape index (κ1) is 11.5. The number of hydrogen-bond donors (Lipinski definition) is 1. The predicted octanol–water partition coefficient (Wildman–Crippen LogP) is 3.15. The Morgan fingerprint density at radius 1 is 1.16 bits per heavy atom. The van der Waals surface area contributed by atoms with Crippen LogP contribution in [0.25, 0.3) is 11.0 Å². The van der Waals surface area contributed by atoms with Crippen molar-refractivity contribution < 1.29 is 0 Å². The predicted molar refractivity (Wildman–Crippen MR) is 77.6 cm³/mol. The van der Waals surface area contributed by atoms with Crippen molar-refractivity contribution in [3.05, 3.63) is 29.6 Å². The van der Waals surface area contributed by atoms with Gasteiger partial charge in [-0.3, -0.25) is 0 Å². The highest BCUT2D eigenvalue weighted by atomic mass is 15.1. The van der Waals surface area contributed by atoms with Crippen molar-refractivity contribution in [2.24, 2.45) is 0 Å². The van der Waals surface area contributed by atoms with E-state index in [2.05, 4.69) is 35.0 Å². The van der Waals surface area contributed by atoms with Gasteiger partial charge in [0.25, 0.3) is 0 Å². The number of imidazole rings is 1. The highest BCUT2D eigenvalue weighted by molar-refractivity contribution is 5.77. The monoisotopic (exact) mass is 255 g/mol. The van der Waals surface area contributed by atoms with E-state index in [0.717, 1.165) is 25.0 Å². The quantitative estimate of drug-likeness (QED) is 0.893. The van der Waals surface area contributed by atoms with Gasteiger partial charge in [-0.15, -0.1) is 0 Å². The summed E-state index contributed by atoms with van der Waals surface area (Å²) in [5.74, 6) is 1.90. The first-order valence-electron chi connectivity index (χ1n) is 7.52. The average Bonchev–Trinajstić information content (AvgIpc) is 3.21. The maximum Gasteiger partial charge on any atom is 0.106 e. The molecule has 4 rings (SSSR count). The molecule has 1 aliphatic heterocycles. The van der Waals surface area contributed by atoms with Crippen LogP contribution in [-0.4, -0.2) is 22.6 Å². The van der Waals surface area contributed by atoms with E-state index in [-0.39, 0.29) is 0 Å². The highest BCUT2D eigenvalue weighted by Gasteiger charge is 2.27. The Bertz CT molecular complexity index is 604. The maximum atomic E-state index is 4.78. The molecule has 2 aliphatic rings. The van der Waals surface area contributed by atoms with Gasteiger partial charge >= 0.3 is 0 Å². The van der Waals surface area contributed by atoms with Crippen molar-refractivity contribution in [1.82, 2.24) is 14.9 Å². The van der Waals surface area contributed by atoms with Gasteiger partial charge in [-0.25, -0.2) is 4.98 Å². The summed E-state index contributed by atoms with van der Waals surface area (Å²) in [6.45, 7) is 4.44. The summed E-state index contributed by atoms with van der Waals surface area (Å²) in [4.78, 5) is 4.78. The number of nitrogens with one attached hydrogen (secondary N) is 1. The Kier molecular flexibility index (Phi) is 2.62. The lowest BCUT2D eigenvalue weighted by Crippen LogP contribution is -2.26. The summed E-state index contributed by atoms with van der Waals surface area (Å²) < 4.78 is 2.43. The second-order valence-electron chi connectivity index (χ2n) is 6.03. The molecular formula is C16H21N3. The minimum atomic E-state index is 0.717. The molecule has 1 aromatic carbocycles. The lowest BCUT2D eigenvalue weighted by atomic mass is 9.90. The number of nitrogens with zero attached hydrogens (tertiary/aromatic N) is 2. The van der Waals surface area contributed by atoms with Crippen LogP contribution in [-0.2, 0) is 0 Å². The second kappa shape index (κ2) is 4.34. The SMILES string of the molecule is Cc1nc2cc(C3CCNCC3)ccc2n1C1CC1. The molecule has 2 fully saturated rings. The van der Waals surface area contributed by atoms with Crippen molar-refractivity contribution in [1.29, 1.82) is 0 Å². The molecule has 0 radical (unpaired) electrons. The summed E-state index contributed by atoms with van der Waals surface area (Å²) in [5.41, 5.74) is 4.01. The van der Waals surface area contributed by atoms with Crippen LogP contribution in [0.4, 0.5) is 0 Å². The van der Waals surface area contributed by atoms with Crippen molar-refractivity contribution in [3.8, 4) is 0 Å². The number of aromatic nitrogens is 2. The molecule has 3 heteroatoms. The van der Waals surface area contributed by atoms with Gasteiger partial charge in [0.1, 0.15) is 5.82 Å². The summed E-state index contributed by atoms with van der Waals surface area (Å²) in [7, 11) is 0. The van der Waals surface area contributed by atoms with Crippen LogP contribution in [0, 0.1) is 6.92 Å². The molecule has 100 valence electrons. The van der Waals surface area contributed by atoms with Crippen molar-refractivity contribution in [2.45, 2.75) is 44.6 Å². The minimum Gasteiger partial charge on any atom is -0.325 e. The van der Waals surface area contributed by atoms with Gasteiger partial charge in [-0.1, -0.05) is 6.07 Å². The van der Waals surface area contributed by atoms with Crippen LogP contribution in [0.1, 0.15) is 49.0 Å². The standard InChI is InChI=1S/C16H21N3/c1-11-18-15-10-13(12-6-8-17-9-7-12)2-5-16(15)19(11)14-3-4-14/h2,5,10,12,14,17H,3-4,6-9H2,1H3. The van der Waals surface area contributed by atoms with E-state index in [1.54, 1.807) is 0 Å². The molecule has 0 amide bonds. The summed E-state index contributed by atoms with van der Waals surface area (Å²) in [5, 5.41) is 3.44. The van der Waals surface area contributed by atoms with Crippen LogP contribution in [0.5, 0.6) is 0 Å². The highest BCUT2D eigenvalue weighted by Crippen LogP contribution is 2.39. The van der Waals surface area contributed by atoms with Crippen LogP contribution in [0.3, 0.4) is 0 Å². The first-order chi connectivity index (χ1) is 9.33. The van der Waals surface area contributed by atoms with Crippen molar-refractivity contribution in [3.63, 3.8) is 0 Å². The smallest absolute Gasteiger partial charge is 0.106 e. The fourth-order valence-corrected chi connectivity index (χ4v) is 3.44. The summed E-state index contributed by atoms with van der Waals surface area (Å²) in [6, 6.07) is 7.68. The Morgan fingerprint density at radius 3 is 2.68 bits per heavy atom. The molecule has 1 saturated heterocycles. The van der Waals surface area contributed by atoms with E-state index in [1.165, 1.54) is 48.1 Å². The molecule has 0 spiro atoms. The number of piperidine rings is 1. The Hall–Kier alpha value is -1.35. The molecular weight excluding hydrogens is 234 g/mol. The molecule has 19 heavy (non-hydrogen) atoms. The number of benzene rings is 1. The molecule has 1 N–H and O–H groups in total. The molecule has 1 aliphatic carbocycles. The Labute approximate surface area is 114 Å². The largest absolute Gasteiger partial charge is 0.325 e. The fraction of sp³-hybridized carbons (Fsp3) is 0.562. The Balaban J connectivity index is 1.75. The van der Waals surface area contributed by atoms with E-state index in [9.17, 15) is 0 Å².